The van der Waals surface area contributed by atoms with Gasteiger partial charge in [-0.3, -0.25) is 9.59 Å². The smallest absolute Gasteiger partial charge is 0.274 e. The first-order valence-electron chi connectivity index (χ1n) is 7.84. The Bertz CT molecular complexity index is 776. The number of rotatable bonds is 3. The molecule has 1 aromatic heterocycles. The van der Waals surface area contributed by atoms with Crippen LogP contribution in [0, 0.1) is 13.8 Å². The van der Waals surface area contributed by atoms with Crippen molar-refractivity contribution in [3.63, 3.8) is 0 Å². The van der Waals surface area contributed by atoms with E-state index >= 15 is 0 Å². The lowest BCUT2D eigenvalue weighted by Gasteiger charge is -2.20. The van der Waals surface area contributed by atoms with Gasteiger partial charge in [0.25, 0.3) is 11.8 Å². The minimum Gasteiger partial charge on any atom is -0.346 e. The Morgan fingerprint density at radius 3 is 2.12 bits per heavy atom. The van der Waals surface area contributed by atoms with E-state index in [0.29, 0.717) is 5.69 Å². The van der Waals surface area contributed by atoms with Gasteiger partial charge in [0.15, 0.2) is 0 Å². The van der Waals surface area contributed by atoms with Crippen LogP contribution in [0.2, 0.25) is 0 Å². The highest BCUT2D eigenvalue weighted by atomic mass is 16.2. The number of aromatic nitrogens is 1. The number of nitrogens with zero attached hydrogens (tertiary/aromatic N) is 1. The second-order valence-electron chi connectivity index (χ2n) is 6.87. The third-order valence-electron chi connectivity index (χ3n) is 3.47. The molecule has 1 heterocycles. The van der Waals surface area contributed by atoms with Crippen molar-refractivity contribution in [1.82, 2.24) is 10.3 Å². The number of aryl methyl sites for hydroxylation is 2. The summed E-state index contributed by atoms with van der Waals surface area (Å²) in [5.41, 5.74) is 3.02. The van der Waals surface area contributed by atoms with Crippen LogP contribution in [-0.4, -0.2) is 22.3 Å². The molecule has 0 fully saturated rings. The summed E-state index contributed by atoms with van der Waals surface area (Å²) in [6.45, 7) is 9.67. The average molecular weight is 325 g/mol. The van der Waals surface area contributed by atoms with Gasteiger partial charge in [0.05, 0.1) is 0 Å². The summed E-state index contributed by atoms with van der Waals surface area (Å²) in [5.74, 6) is -0.646. The highest BCUT2D eigenvalue weighted by Gasteiger charge is 2.17. The summed E-state index contributed by atoms with van der Waals surface area (Å²) < 4.78 is 0. The van der Waals surface area contributed by atoms with Gasteiger partial charge in [-0.05, 0) is 70.0 Å². The number of anilines is 1. The van der Waals surface area contributed by atoms with Crippen LogP contribution in [0.5, 0.6) is 0 Å². The number of carbonyl (C=O) groups excluding carboxylic acids is 2. The van der Waals surface area contributed by atoms with Crippen LogP contribution < -0.4 is 10.6 Å². The molecule has 2 amide bonds. The molecule has 0 aliphatic rings. The fourth-order valence-corrected chi connectivity index (χ4v) is 2.11. The van der Waals surface area contributed by atoms with Crippen LogP contribution in [0.3, 0.4) is 0 Å². The Hall–Kier alpha value is -2.69. The first-order valence-corrected chi connectivity index (χ1v) is 7.84. The van der Waals surface area contributed by atoms with Crippen molar-refractivity contribution in [2.45, 2.75) is 40.2 Å². The van der Waals surface area contributed by atoms with Crippen molar-refractivity contribution >= 4 is 17.5 Å². The van der Waals surface area contributed by atoms with Crippen LogP contribution in [0.4, 0.5) is 5.69 Å². The molecule has 5 nitrogen and oxygen atoms in total. The summed E-state index contributed by atoms with van der Waals surface area (Å²) in [5, 5.41) is 5.64. The molecule has 0 unspecified atom stereocenters. The van der Waals surface area contributed by atoms with Gasteiger partial charge < -0.3 is 10.6 Å². The maximum absolute atomic E-state index is 12.4. The van der Waals surface area contributed by atoms with Crippen molar-refractivity contribution in [2.24, 2.45) is 0 Å². The van der Waals surface area contributed by atoms with Gasteiger partial charge >= 0.3 is 0 Å². The monoisotopic (exact) mass is 325 g/mol. The van der Waals surface area contributed by atoms with Gasteiger partial charge in [-0.2, -0.15) is 0 Å². The van der Waals surface area contributed by atoms with Crippen LogP contribution in [0.15, 0.2) is 36.4 Å². The molecular weight excluding hydrogens is 302 g/mol. The fourth-order valence-electron chi connectivity index (χ4n) is 2.11. The fraction of sp³-hybridized carbons (Fsp3) is 0.316. The standard InChI is InChI=1S/C19H23N3O2/c1-12-9-10-14(11-13(12)2)20-17(23)15-7-6-8-16(21-15)18(24)22-19(3,4)5/h6-11H,1-5H3,(H,20,23)(H,22,24). The number of pyridine rings is 1. The van der Waals surface area contributed by atoms with Gasteiger partial charge in [0.2, 0.25) is 0 Å². The first-order chi connectivity index (χ1) is 11.2. The van der Waals surface area contributed by atoms with Crippen molar-refractivity contribution in [3.8, 4) is 0 Å². The normalized spacial score (nSPS) is 11.0. The lowest BCUT2D eigenvalue weighted by atomic mass is 10.1. The average Bonchev–Trinajstić information content (AvgIpc) is 2.49. The molecule has 24 heavy (non-hydrogen) atoms. The Balaban J connectivity index is 2.16. The van der Waals surface area contributed by atoms with E-state index in [2.05, 4.69) is 15.6 Å². The molecule has 2 rings (SSSR count). The van der Waals surface area contributed by atoms with Crippen LogP contribution in [-0.2, 0) is 0 Å². The van der Waals surface area contributed by atoms with Crippen LogP contribution >= 0.6 is 0 Å². The van der Waals surface area contributed by atoms with E-state index in [9.17, 15) is 9.59 Å². The molecule has 0 aliphatic heterocycles. The van der Waals surface area contributed by atoms with Gasteiger partial charge in [-0.15, -0.1) is 0 Å². The quantitative estimate of drug-likeness (QED) is 0.907. The third-order valence-corrected chi connectivity index (χ3v) is 3.47. The zero-order valence-corrected chi connectivity index (χ0v) is 14.7. The number of amides is 2. The molecule has 0 aliphatic carbocycles. The molecule has 0 radical (unpaired) electrons. The van der Waals surface area contributed by atoms with E-state index in [1.807, 2.05) is 52.8 Å². The first kappa shape index (κ1) is 17.7. The van der Waals surface area contributed by atoms with E-state index in [4.69, 9.17) is 0 Å². The minimum atomic E-state index is -0.365. The Morgan fingerprint density at radius 1 is 0.917 bits per heavy atom. The molecule has 5 heteroatoms. The van der Waals surface area contributed by atoms with E-state index in [-0.39, 0.29) is 28.7 Å². The van der Waals surface area contributed by atoms with Crippen molar-refractivity contribution in [3.05, 3.63) is 58.9 Å². The number of carbonyl (C=O) groups is 2. The topological polar surface area (TPSA) is 71.1 Å². The Morgan fingerprint density at radius 2 is 1.54 bits per heavy atom. The third kappa shape index (κ3) is 4.65. The van der Waals surface area contributed by atoms with Gasteiger partial charge in [-0.25, -0.2) is 4.98 Å². The maximum Gasteiger partial charge on any atom is 0.274 e. The lowest BCUT2D eigenvalue weighted by Crippen LogP contribution is -2.41. The summed E-state index contributed by atoms with van der Waals surface area (Å²) in [4.78, 5) is 28.7. The number of hydrogen-bond acceptors (Lipinski definition) is 3. The summed E-state index contributed by atoms with van der Waals surface area (Å²) in [6, 6.07) is 10.5. The lowest BCUT2D eigenvalue weighted by molar-refractivity contribution is 0.0914. The minimum absolute atomic E-state index is 0.204. The SMILES string of the molecule is Cc1ccc(NC(=O)c2cccc(C(=O)NC(C)(C)C)n2)cc1C. The van der Waals surface area contributed by atoms with E-state index < -0.39 is 0 Å². The second kappa shape index (κ2) is 6.83. The maximum atomic E-state index is 12.4. The van der Waals surface area contributed by atoms with Crippen molar-refractivity contribution in [1.29, 1.82) is 0 Å². The highest BCUT2D eigenvalue weighted by Crippen LogP contribution is 2.15. The van der Waals surface area contributed by atoms with Crippen molar-refractivity contribution in [2.75, 3.05) is 5.32 Å². The zero-order chi connectivity index (χ0) is 17.9. The largest absolute Gasteiger partial charge is 0.346 e. The molecule has 126 valence electrons. The van der Waals surface area contributed by atoms with E-state index in [1.54, 1.807) is 18.2 Å². The van der Waals surface area contributed by atoms with Crippen LogP contribution in [0.1, 0.15) is 52.9 Å². The Labute approximate surface area is 142 Å². The van der Waals surface area contributed by atoms with E-state index in [0.717, 1.165) is 11.1 Å². The summed E-state index contributed by atoms with van der Waals surface area (Å²) >= 11 is 0. The summed E-state index contributed by atoms with van der Waals surface area (Å²) in [6.07, 6.45) is 0. The van der Waals surface area contributed by atoms with E-state index in [1.165, 1.54) is 0 Å². The van der Waals surface area contributed by atoms with Gasteiger partial charge in [0, 0.05) is 11.2 Å². The predicted molar refractivity (Wildman–Crippen MR) is 95.3 cm³/mol. The number of nitrogens with one attached hydrogen (secondary N) is 2. The molecule has 2 N–H and O–H groups in total. The second-order valence-corrected chi connectivity index (χ2v) is 6.87. The molecule has 0 atom stereocenters. The summed E-state index contributed by atoms with van der Waals surface area (Å²) in [7, 11) is 0. The van der Waals surface area contributed by atoms with Gasteiger partial charge in [0.1, 0.15) is 11.4 Å². The molecule has 0 bridgehead atoms. The Kier molecular flexibility index (Phi) is 5.02. The predicted octanol–water partition coefficient (Wildman–Crippen LogP) is 3.48. The van der Waals surface area contributed by atoms with Crippen LogP contribution in [0.25, 0.3) is 0 Å². The molecule has 0 spiro atoms. The molecule has 0 saturated heterocycles. The zero-order valence-electron chi connectivity index (χ0n) is 14.7. The van der Waals surface area contributed by atoms with Gasteiger partial charge in [-0.1, -0.05) is 12.1 Å². The highest BCUT2D eigenvalue weighted by molar-refractivity contribution is 6.04. The number of benzene rings is 1. The molecular formula is C19H23N3O2. The molecule has 0 saturated carbocycles. The van der Waals surface area contributed by atoms with Crippen molar-refractivity contribution < 1.29 is 9.59 Å². The number of hydrogen-bond donors (Lipinski definition) is 2. The molecule has 1 aromatic carbocycles. The molecule has 2 aromatic rings.